The highest BCUT2D eigenvalue weighted by Crippen LogP contribution is 1.97. The van der Waals surface area contributed by atoms with E-state index >= 15 is 0 Å². The Morgan fingerprint density at radius 1 is 1.44 bits per heavy atom. The lowest BCUT2D eigenvalue weighted by Crippen LogP contribution is -2.33. The molecular formula is C6H9N3. The van der Waals surface area contributed by atoms with Gasteiger partial charge in [0.15, 0.2) is 0 Å². The third kappa shape index (κ3) is 1.14. The van der Waals surface area contributed by atoms with Crippen molar-refractivity contribution in [3.8, 4) is 6.07 Å². The average Bonchev–Trinajstić information content (AvgIpc) is 1.89. The summed E-state index contributed by atoms with van der Waals surface area (Å²) >= 11 is 0. The smallest absolute Gasteiger partial charge is 0.132 e. The Morgan fingerprint density at radius 2 is 2.11 bits per heavy atom. The summed E-state index contributed by atoms with van der Waals surface area (Å²) < 4.78 is 0. The van der Waals surface area contributed by atoms with E-state index in [0.717, 1.165) is 18.8 Å². The van der Waals surface area contributed by atoms with E-state index in [1.54, 1.807) is 0 Å². The molecule has 1 aliphatic rings. The summed E-state index contributed by atoms with van der Waals surface area (Å²) in [5.74, 6) is 0. The molecular weight excluding hydrogens is 114 g/mol. The highest BCUT2D eigenvalue weighted by molar-refractivity contribution is 5.25. The molecule has 3 nitrogen and oxygen atoms in total. The second kappa shape index (κ2) is 2.40. The molecule has 0 bridgehead atoms. The Morgan fingerprint density at radius 3 is 2.56 bits per heavy atom. The van der Waals surface area contributed by atoms with E-state index in [1.807, 2.05) is 6.92 Å². The van der Waals surface area contributed by atoms with Crippen molar-refractivity contribution in [1.82, 2.24) is 10.6 Å². The van der Waals surface area contributed by atoms with Crippen molar-refractivity contribution >= 4 is 0 Å². The number of allylic oxidation sites excluding steroid dienone is 2. The van der Waals surface area contributed by atoms with Gasteiger partial charge in [0, 0.05) is 18.8 Å². The first kappa shape index (κ1) is 5.96. The SMILES string of the molecule is CC1=C(C#N)NCCN1. The van der Waals surface area contributed by atoms with Gasteiger partial charge in [-0.2, -0.15) is 5.26 Å². The van der Waals surface area contributed by atoms with Crippen molar-refractivity contribution in [1.29, 1.82) is 5.26 Å². The molecule has 9 heavy (non-hydrogen) atoms. The Balaban J connectivity index is 2.74. The van der Waals surface area contributed by atoms with Crippen LogP contribution in [0.15, 0.2) is 11.4 Å². The van der Waals surface area contributed by atoms with Gasteiger partial charge in [-0.1, -0.05) is 0 Å². The van der Waals surface area contributed by atoms with Gasteiger partial charge in [0.2, 0.25) is 0 Å². The summed E-state index contributed by atoms with van der Waals surface area (Å²) in [6.07, 6.45) is 0. The Bertz CT molecular complexity index is 175. The molecule has 48 valence electrons. The molecule has 0 atom stereocenters. The van der Waals surface area contributed by atoms with E-state index in [9.17, 15) is 0 Å². The predicted octanol–water partition coefficient (Wildman–Crippen LogP) is -0.0657. The van der Waals surface area contributed by atoms with Crippen LogP contribution in [0.25, 0.3) is 0 Å². The molecule has 0 saturated heterocycles. The topological polar surface area (TPSA) is 47.9 Å². The average molecular weight is 123 g/mol. The number of hydrogen-bond donors (Lipinski definition) is 2. The number of nitriles is 1. The first-order valence-electron chi connectivity index (χ1n) is 2.93. The Kier molecular flexibility index (Phi) is 1.59. The van der Waals surface area contributed by atoms with Gasteiger partial charge in [0.1, 0.15) is 11.8 Å². The maximum Gasteiger partial charge on any atom is 0.132 e. The molecule has 3 heteroatoms. The van der Waals surface area contributed by atoms with Crippen molar-refractivity contribution in [2.75, 3.05) is 13.1 Å². The quantitative estimate of drug-likeness (QED) is 0.474. The minimum Gasteiger partial charge on any atom is -0.385 e. The van der Waals surface area contributed by atoms with Crippen molar-refractivity contribution < 1.29 is 0 Å². The van der Waals surface area contributed by atoms with Gasteiger partial charge in [-0.05, 0) is 6.92 Å². The minimum atomic E-state index is 0.668. The molecule has 2 N–H and O–H groups in total. The van der Waals surface area contributed by atoms with E-state index in [1.165, 1.54) is 0 Å². The monoisotopic (exact) mass is 123 g/mol. The zero-order valence-electron chi connectivity index (χ0n) is 5.36. The highest BCUT2D eigenvalue weighted by atomic mass is 15.0. The van der Waals surface area contributed by atoms with Crippen LogP contribution < -0.4 is 10.6 Å². The lowest BCUT2D eigenvalue weighted by atomic mass is 10.3. The Labute approximate surface area is 54.4 Å². The molecule has 1 aliphatic heterocycles. The van der Waals surface area contributed by atoms with E-state index in [-0.39, 0.29) is 0 Å². The zero-order chi connectivity index (χ0) is 6.69. The standard InChI is InChI=1S/C6H9N3/c1-5-6(4-7)9-3-2-8-5/h8-9H,2-3H2,1H3. The third-order valence-corrected chi connectivity index (χ3v) is 1.30. The molecule has 0 saturated carbocycles. The lowest BCUT2D eigenvalue weighted by molar-refractivity contribution is 0.665. The maximum absolute atomic E-state index is 8.45. The van der Waals surface area contributed by atoms with Gasteiger partial charge < -0.3 is 10.6 Å². The second-order valence-electron chi connectivity index (χ2n) is 1.97. The third-order valence-electron chi connectivity index (χ3n) is 1.30. The second-order valence-corrected chi connectivity index (χ2v) is 1.97. The number of rotatable bonds is 0. The Hall–Kier alpha value is -1.17. The fraction of sp³-hybridized carbons (Fsp3) is 0.500. The summed E-state index contributed by atoms with van der Waals surface area (Å²) in [6.45, 7) is 3.65. The molecule has 0 spiro atoms. The molecule has 1 rings (SSSR count). The minimum absolute atomic E-state index is 0.668. The largest absolute Gasteiger partial charge is 0.385 e. The summed E-state index contributed by atoms with van der Waals surface area (Å²) in [4.78, 5) is 0. The molecule has 0 aromatic heterocycles. The van der Waals surface area contributed by atoms with E-state index in [4.69, 9.17) is 5.26 Å². The van der Waals surface area contributed by atoms with Gasteiger partial charge >= 0.3 is 0 Å². The van der Waals surface area contributed by atoms with Crippen LogP contribution in [0.2, 0.25) is 0 Å². The normalized spacial score (nSPS) is 17.8. The van der Waals surface area contributed by atoms with Crippen LogP contribution in [0, 0.1) is 11.3 Å². The van der Waals surface area contributed by atoms with Gasteiger partial charge in [-0.3, -0.25) is 0 Å². The van der Waals surface area contributed by atoms with E-state index < -0.39 is 0 Å². The van der Waals surface area contributed by atoms with Crippen molar-refractivity contribution in [3.63, 3.8) is 0 Å². The van der Waals surface area contributed by atoms with Crippen molar-refractivity contribution in [3.05, 3.63) is 11.4 Å². The highest BCUT2D eigenvalue weighted by Gasteiger charge is 2.04. The van der Waals surface area contributed by atoms with Crippen LogP contribution in [-0.4, -0.2) is 13.1 Å². The van der Waals surface area contributed by atoms with Crippen LogP contribution in [0.4, 0.5) is 0 Å². The van der Waals surface area contributed by atoms with E-state index in [0.29, 0.717) is 5.70 Å². The van der Waals surface area contributed by atoms with Gasteiger partial charge in [0.25, 0.3) is 0 Å². The molecule has 0 radical (unpaired) electrons. The van der Waals surface area contributed by atoms with Crippen molar-refractivity contribution in [2.45, 2.75) is 6.92 Å². The van der Waals surface area contributed by atoms with Crippen LogP contribution in [0.1, 0.15) is 6.92 Å². The van der Waals surface area contributed by atoms with Crippen LogP contribution in [0.3, 0.4) is 0 Å². The van der Waals surface area contributed by atoms with Crippen LogP contribution in [0.5, 0.6) is 0 Å². The fourth-order valence-corrected chi connectivity index (χ4v) is 0.782. The summed E-state index contributed by atoms with van der Waals surface area (Å²) in [7, 11) is 0. The first-order chi connectivity index (χ1) is 4.34. The fourth-order valence-electron chi connectivity index (χ4n) is 0.782. The van der Waals surface area contributed by atoms with Gasteiger partial charge in [-0.15, -0.1) is 0 Å². The molecule has 0 aromatic carbocycles. The number of hydrogen-bond acceptors (Lipinski definition) is 3. The van der Waals surface area contributed by atoms with Crippen LogP contribution >= 0.6 is 0 Å². The zero-order valence-corrected chi connectivity index (χ0v) is 5.36. The lowest BCUT2D eigenvalue weighted by Gasteiger charge is -2.16. The van der Waals surface area contributed by atoms with Gasteiger partial charge in [-0.25, -0.2) is 0 Å². The molecule has 0 amide bonds. The molecule has 0 fully saturated rings. The summed E-state index contributed by atoms with van der Waals surface area (Å²) in [5.41, 5.74) is 1.62. The maximum atomic E-state index is 8.45. The summed E-state index contributed by atoms with van der Waals surface area (Å²) in [5, 5.41) is 14.5. The molecule has 1 heterocycles. The summed E-state index contributed by atoms with van der Waals surface area (Å²) in [6, 6.07) is 2.06. The molecule has 0 aromatic rings. The number of nitrogens with one attached hydrogen (secondary N) is 2. The number of nitrogens with zero attached hydrogens (tertiary/aromatic N) is 1. The van der Waals surface area contributed by atoms with E-state index in [2.05, 4.69) is 16.7 Å². The molecule has 0 unspecified atom stereocenters. The predicted molar refractivity (Wildman–Crippen MR) is 34.3 cm³/mol. The molecule has 0 aliphatic carbocycles. The van der Waals surface area contributed by atoms with Crippen molar-refractivity contribution in [2.24, 2.45) is 0 Å². The van der Waals surface area contributed by atoms with Gasteiger partial charge in [0.05, 0.1) is 0 Å². The van der Waals surface area contributed by atoms with Crippen LogP contribution in [-0.2, 0) is 0 Å². The first-order valence-corrected chi connectivity index (χ1v) is 2.93.